The zero-order valence-electron chi connectivity index (χ0n) is 21.1. The van der Waals surface area contributed by atoms with Crippen LogP contribution in [0.5, 0.6) is 0 Å². The normalized spacial score (nSPS) is 13.8. The van der Waals surface area contributed by atoms with Crippen LogP contribution in [0.1, 0.15) is 38.2 Å². The lowest BCUT2D eigenvalue weighted by Crippen LogP contribution is -2.31. The van der Waals surface area contributed by atoms with E-state index in [2.05, 4.69) is 66.7 Å². The van der Waals surface area contributed by atoms with E-state index >= 15 is 0 Å². The molecule has 0 spiro atoms. The summed E-state index contributed by atoms with van der Waals surface area (Å²) in [5.41, 5.74) is 5.76. The van der Waals surface area contributed by atoms with Gasteiger partial charge in [-0.2, -0.15) is 0 Å². The number of benzene rings is 3. The summed E-state index contributed by atoms with van der Waals surface area (Å²) in [6, 6.07) is 25.2. The number of hydrogen-bond acceptors (Lipinski definition) is 5. The van der Waals surface area contributed by atoms with Crippen molar-refractivity contribution in [3.63, 3.8) is 0 Å². The van der Waals surface area contributed by atoms with E-state index < -0.39 is 0 Å². The van der Waals surface area contributed by atoms with Crippen molar-refractivity contribution in [2.24, 2.45) is 0 Å². The predicted octanol–water partition coefficient (Wildman–Crippen LogP) is 5.39. The molecule has 36 heavy (non-hydrogen) atoms. The van der Waals surface area contributed by atoms with Gasteiger partial charge in [0, 0.05) is 12.5 Å². The van der Waals surface area contributed by atoms with Gasteiger partial charge in [0.05, 0.1) is 38.6 Å². The Kier molecular flexibility index (Phi) is 9.06. The Hall–Kier alpha value is -3.25. The smallest absolute Gasteiger partial charge is 0.339 e. The molecule has 0 heterocycles. The topological polar surface area (TPSA) is 54.0 Å². The van der Waals surface area contributed by atoms with Gasteiger partial charge in [0.25, 0.3) is 0 Å². The second-order valence-electron chi connectivity index (χ2n) is 8.90. The van der Waals surface area contributed by atoms with Gasteiger partial charge in [-0.25, -0.2) is 4.79 Å². The van der Waals surface area contributed by atoms with Gasteiger partial charge in [-0.3, -0.25) is 0 Å². The Morgan fingerprint density at radius 3 is 1.97 bits per heavy atom. The van der Waals surface area contributed by atoms with Crippen LogP contribution in [0.25, 0.3) is 6.08 Å². The minimum atomic E-state index is -0.319. The van der Waals surface area contributed by atoms with E-state index in [0.717, 1.165) is 23.1 Å². The Morgan fingerprint density at radius 1 is 0.778 bits per heavy atom. The third-order valence-corrected chi connectivity index (χ3v) is 6.59. The van der Waals surface area contributed by atoms with E-state index in [1.807, 2.05) is 25.1 Å². The lowest BCUT2D eigenvalue weighted by atomic mass is 9.67. The van der Waals surface area contributed by atoms with Gasteiger partial charge in [-0.1, -0.05) is 84.9 Å². The molecule has 5 heteroatoms. The summed E-state index contributed by atoms with van der Waals surface area (Å²) in [6.45, 7) is 4.51. The van der Waals surface area contributed by atoms with Crippen LogP contribution < -0.4 is 0 Å². The van der Waals surface area contributed by atoms with Crippen LogP contribution in [0.3, 0.4) is 0 Å². The van der Waals surface area contributed by atoms with Crippen LogP contribution in [0.15, 0.2) is 78.9 Å². The first-order valence-electron chi connectivity index (χ1n) is 12.4. The summed E-state index contributed by atoms with van der Waals surface area (Å²) in [5, 5.41) is 0. The largest absolute Gasteiger partial charge is 0.460 e. The fraction of sp³-hybridized carbons (Fsp3) is 0.323. The first-order chi connectivity index (χ1) is 17.7. The third kappa shape index (κ3) is 5.93. The molecule has 0 bridgehead atoms. The Labute approximate surface area is 213 Å². The van der Waals surface area contributed by atoms with Crippen molar-refractivity contribution in [2.45, 2.75) is 18.8 Å². The molecule has 0 amide bonds. The molecule has 0 saturated heterocycles. The number of aryl methyl sites for hydroxylation is 1. The summed E-state index contributed by atoms with van der Waals surface area (Å²) in [6.07, 6.45) is 5.10. The highest BCUT2D eigenvalue weighted by molar-refractivity contribution is 5.96. The highest BCUT2D eigenvalue weighted by Crippen LogP contribution is 2.42. The number of fused-ring (bicyclic) bond motifs is 1. The quantitative estimate of drug-likeness (QED) is 0.254. The Morgan fingerprint density at radius 2 is 1.36 bits per heavy atom. The van der Waals surface area contributed by atoms with E-state index in [1.165, 1.54) is 11.1 Å². The minimum absolute atomic E-state index is 0.196. The van der Waals surface area contributed by atoms with E-state index in [-0.39, 0.29) is 18.0 Å². The van der Waals surface area contributed by atoms with Crippen molar-refractivity contribution in [3.05, 3.63) is 112 Å². The van der Waals surface area contributed by atoms with E-state index in [4.69, 9.17) is 18.9 Å². The summed E-state index contributed by atoms with van der Waals surface area (Å²) in [5.74, 6) is -0.319. The van der Waals surface area contributed by atoms with Crippen molar-refractivity contribution in [3.8, 4) is 0 Å². The van der Waals surface area contributed by atoms with Crippen LogP contribution in [-0.2, 0) is 30.8 Å². The van der Waals surface area contributed by atoms with Crippen LogP contribution in [-0.4, -0.2) is 52.7 Å². The molecule has 0 aromatic heterocycles. The molecule has 0 N–H and O–H groups in total. The monoisotopic (exact) mass is 486 g/mol. The number of ether oxygens (including phenoxy) is 4. The fourth-order valence-corrected chi connectivity index (χ4v) is 4.74. The number of esters is 1. The molecule has 0 radical (unpaired) electrons. The lowest BCUT2D eigenvalue weighted by Gasteiger charge is -2.36. The zero-order chi connectivity index (χ0) is 25.2. The van der Waals surface area contributed by atoms with E-state index in [9.17, 15) is 4.79 Å². The van der Waals surface area contributed by atoms with Crippen LogP contribution >= 0.6 is 0 Å². The molecule has 4 rings (SSSR count). The van der Waals surface area contributed by atoms with Gasteiger partial charge in [0.1, 0.15) is 6.61 Å². The first-order valence-corrected chi connectivity index (χ1v) is 12.4. The first kappa shape index (κ1) is 25.8. The van der Waals surface area contributed by atoms with Crippen LogP contribution in [0.2, 0.25) is 0 Å². The summed E-state index contributed by atoms with van der Waals surface area (Å²) in [4.78, 5) is 13.1. The van der Waals surface area contributed by atoms with Gasteiger partial charge in [-0.15, -0.1) is 0 Å². The van der Waals surface area contributed by atoms with Crippen molar-refractivity contribution in [2.75, 3.05) is 46.8 Å². The number of hydrogen-bond donors (Lipinski definition) is 0. The molecule has 5 nitrogen and oxygen atoms in total. The number of methoxy groups -OCH3 is 1. The molecule has 0 atom stereocenters. The molecule has 188 valence electrons. The molecule has 0 saturated carbocycles. The van der Waals surface area contributed by atoms with Gasteiger partial charge in [0.2, 0.25) is 0 Å². The molecular weight excluding hydrogens is 452 g/mol. The third-order valence-electron chi connectivity index (χ3n) is 6.59. The van der Waals surface area contributed by atoms with Gasteiger partial charge < -0.3 is 18.9 Å². The number of carbonyl (C=O) groups excluding carboxylic acids is 1. The molecule has 0 unspecified atom stereocenters. The molecule has 3 aromatic rings. The average molecular weight is 487 g/mol. The predicted molar refractivity (Wildman–Crippen MR) is 141 cm³/mol. The Balaban J connectivity index is 1.48. The molecule has 0 aliphatic heterocycles. The maximum absolute atomic E-state index is 13.1. The average Bonchev–Trinajstić information content (AvgIpc) is 2.92. The molecule has 3 aromatic carbocycles. The van der Waals surface area contributed by atoms with Gasteiger partial charge in [0.15, 0.2) is 0 Å². The molecule has 1 aliphatic rings. The molecule has 0 fully saturated rings. The van der Waals surface area contributed by atoms with Crippen molar-refractivity contribution >= 4 is 12.0 Å². The van der Waals surface area contributed by atoms with Crippen LogP contribution in [0.4, 0.5) is 0 Å². The highest BCUT2D eigenvalue weighted by atomic mass is 16.6. The van der Waals surface area contributed by atoms with Crippen LogP contribution in [0, 0.1) is 6.92 Å². The second-order valence-corrected chi connectivity index (χ2v) is 8.90. The van der Waals surface area contributed by atoms with Gasteiger partial charge >= 0.3 is 5.97 Å². The minimum Gasteiger partial charge on any atom is -0.460 e. The fourth-order valence-electron chi connectivity index (χ4n) is 4.74. The standard InChI is InChI=1S/C31H34O5/c1-24-13-14-25-23-31(26-9-5-3-6-10-26,27-11-7-4-8-12-27)16-15-28(25)29(24)30(32)36-22-21-35-20-19-34-18-17-33-2/h3-16H,17-23H2,1-2H3. The number of carbonyl (C=O) groups is 1. The summed E-state index contributed by atoms with van der Waals surface area (Å²) < 4.78 is 21.4. The maximum atomic E-state index is 13.1. The maximum Gasteiger partial charge on any atom is 0.339 e. The molecular formula is C31H34O5. The Bertz CT molecular complexity index is 1110. The van der Waals surface area contributed by atoms with Crippen molar-refractivity contribution < 1.29 is 23.7 Å². The highest BCUT2D eigenvalue weighted by Gasteiger charge is 2.36. The number of rotatable bonds is 12. The van der Waals surface area contributed by atoms with Gasteiger partial charge in [-0.05, 0) is 41.2 Å². The van der Waals surface area contributed by atoms with E-state index in [1.54, 1.807) is 7.11 Å². The second kappa shape index (κ2) is 12.6. The van der Waals surface area contributed by atoms with E-state index in [0.29, 0.717) is 38.6 Å². The lowest BCUT2D eigenvalue weighted by molar-refractivity contribution is 0.00566. The zero-order valence-corrected chi connectivity index (χ0v) is 21.1. The van der Waals surface area contributed by atoms with Crippen molar-refractivity contribution in [1.82, 2.24) is 0 Å². The SMILES string of the molecule is COCCOCCOCCOC(=O)c1c(C)ccc2c1C=CC(c1ccccc1)(c1ccccc1)C2. The summed E-state index contributed by atoms with van der Waals surface area (Å²) in [7, 11) is 1.64. The van der Waals surface area contributed by atoms with Crippen molar-refractivity contribution in [1.29, 1.82) is 0 Å². The molecule has 1 aliphatic carbocycles. The number of allylic oxidation sites excluding steroid dienone is 1. The summed E-state index contributed by atoms with van der Waals surface area (Å²) >= 11 is 0.